The van der Waals surface area contributed by atoms with Gasteiger partial charge in [-0.3, -0.25) is 4.99 Å². The van der Waals surface area contributed by atoms with Gasteiger partial charge in [-0.05, 0) is 43.5 Å². The molecular weight excluding hydrogens is 350 g/mol. The molecule has 0 aromatic heterocycles. The van der Waals surface area contributed by atoms with Gasteiger partial charge in [-0.25, -0.2) is 8.42 Å². The number of aliphatic imine (C=N–C) groups is 1. The van der Waals surface area contributed by atoms with E-state index >= 15 is 0 Å². The number of nitrogens with zero attached hydrogens (tertiary/aromatic N) is 1. The maximum Gasteiger partial charge on any atom is 0.191 e. The molecule has 1 aromatic rings. The van der Waals surface area contributed by atoms with Crippen molar-refractivity contribution in [3.8, 4) is 5.75 Å². The first-order valence-electron chi connectivity index (χ1n) is 9.28. The fourth-order valence-electron chi connectivity index (χ4n) is 2.32. The second kappa shape index (κ2) is 11.8. The van der Waals surface area contributed by atoms with E-state index in [0.29, 0.717) is 23.8 Å². The van der Waals surface area contributed by atoms with Crippen LogP contribution in [0, 0.1) is 5.92 Å². The lowest BCUT2D eigenvalue weighted by molar-refractivity contribution is 0.321. The first kappa shape index (κ1) is 22.3. The lowest BCUT2D eigenvalue weighted by Gasteiger charge is -2.12. The molecule has 0 atom stereocenters. The standard InChI is InChI=1S/C19H33N3O3S/c1-5-20-19(21-13-7-6-8-16(2)3)22-14-15-25-17-9-11-18(12-10-17)26(4,23)24/h9-12,16H,5-8,13-15H2,1-4H3,(H2,20,21,22). The SMILES string of the molecule is CCNC(=NCCCCC(C)C)NCCOc1ccc(S(C)(=O)=O)cc1. The predicted octanol–water partition coefficient (Wildman–Crippen LogP) is 2.85. The van der Waals surface area contributed by atoms with E-state index in [4.69, 9.17) is 4.74 Å². The molecule has 6 nitrogen and oxygen atoms in total. The van der Waals surface area contributed by atoms with Crippen LogP contribution in [0.15, 0.2) is 34.2 Å². The minimum atomic E-state index is -3.17. The molecule has 0 aliphatic heterocycles. The Balaban J connectivity index is 2.33. The first-order chi connectivity index (χ1) is 12.3. The number of ether oxygens (including phenoxy) is 1. The van der Waals surface area contributed by atoms with Crippen LogP contribution in [-0.2, 0) is 9.84 Å². The third-order valence-corrected chi connectivity index (χ3v) is 4.85. The summed E-state index contributed by atoms with van der Waals surface area (Å²) < 4.78 is 28.5. The monoisotopic (exact) mass is 383 g/mol. The Labute approximate surface area is 158 Å². The van der Waals surface area contributed by atoms with Gasteiger partial charge in [-0.1, -0.05) is 26.7 Å². The van der Waals surface area contributed by atoms with Crippen molar-refractivity contribution in [2.75, 3.05) is 32.5 Å². The van der Waals surface area contributed by atoms with Crippen LogP contribution in [0.2, 0.25) is 0 Å². The van der Waals surface area contributed by atoms with Crippen LogP contribution in [-0.4, -0.2) is 46.9 Å². The van der Waals surface area contributed by atoms with Gasteiger partial charge in [-0.15, -0.1) is 0 Å². The van der Waals surface area contributed by atoms with Crippen LogP contribution >= 0.6 is 0 Å². The number of nitrogens with one attached hydrogen (secondary N) is 2. The molecule has 0 aliphatic carbocycles. The lowest BCUT2D eigenvalue weighted by Crippen LogP contribution is -2.39. The van der Waals surface area contributed by atoms with Crippen molar-refractivity contribution in [3.63, 3.8) is 0 Å². The van der Waals surface area contributed by atoms with Gasteiger partial charge in [0, 0.05) is 19.3 Å². The van der Waals surface area contributed by atoms with Crippen molar-refractivity contribution in [2.24, 2.45) is 10.9 Å². The summed E-state index contributed by atoms with van der Waals surface area (Å²) in [5, 5.41) is 6.47. The highest BCUT2D eigenvalue weighted by atomic mass is 32.2. The molecule has 0 unspecified atom stereocenters. The molecule has 0 saturated carbocycles. The van der Waals surface area contributed by atoms with Crippen molar-refractivity contribution in [3.05, 3.63) is 24.3 Å². The van der Waals surface area contributed by atoms with E-state index in [0.717, 1.165) is 31.4 Å². The Morgan fingerprint density at radius 1 is 1.15 bits per heavy atom. The summed E-state index contributed by atoms with van der Waals surface area (Å²) in [5.74, 6) is 2.19. The number of rotatable bonds is 11. The Kier molecular flexibility index (Phi) is 10.1. The van der Waals surface area contributed by atoms with Gasteiger partial charge in [0.05, 0.1) is 11.4 Å². The van der Waals surface area contributed by atoms with Crippen molar-refractivity contribution in [1.29, 1.82) is 0 Å². The highest BCUT2D eigenvalue weighted by Crippen LogP contribution is 2.15. The molecule has 0 spiro atoms. The van der Waals surface area contributed by atoms with E-state index in [1.54, 1.807) is 24.3 Å². The van der Waals surface area contributed by atoms with Crippen molar-refractivity contribution < 1.29 is 13.2 Å². The van der Waals surface area contributed by atoms with Crippen molar-refractivity contribution in [1.82, 2.24) is 10.6 Å². The normalized spacial score (nSPS) is 12.3. The van der Waals surface area contributed by atoms with Gasteiger partial charge in [0.2, 0.25) is 0 Å². The maximum absolute atomic E-state index is 11.4. The molecule has 0 saturated heterocycles. The summed E-state index contributed by atoms with van der Waals surface area (Å²) >= 11 is 0. The summed E-state index contributed by atoms with van der Waals surface area (Å²) in [7, 11) is -3.17. The van der Waals surface area contributed by atoms with Gasteiger partial charge in [-0.2, -0.15) is 0 Å². The Morgan fingerprint density at radius 3 is 2.42 bits per heavy atom. The number of hydrogen-bond acceptors (Lipinski definition) is 4. The minimum Gasteiger partial charge on any atom is -0.492 e. The van der Waals surface area contributed by atoms with Crippen LogP contribution in [0.1, 0.15) is 40.0 Å². The Bertz CT molecular complexity index is 640. The molecule has 7 heteroatoms. The largest absolute Gasteiger partial charge is 0.492 e. The fourth-order valence-corrected chi connectivity index (χ4v) is 2.95. The molecule has 2 N–H and O–H groups in total. The fraction of sp³-hybridized carbons (Fsp3) is 0.632. The zero-order valence-corrected chi connectivity index (χ0v) is 17.2. The first-order valence-corrected chi connectivity index (χ1v) is 11.2. The second-order valence-corrected chi connectivity index (χ2v) is 8.68. The quantitative estimate of drug-likeness (QED) is 0.349. The number of sulfone groups is 1. The predicted molar refractivity (Wildman–Crippen MR) is 108 cm³/mol. The number of unbranched alkanes of at least 4 members (excludes halogenated alkanes) is 1. The topological polar surface area (TPSA) is 79.8 Å². The number of hydrogen-bond donors (Lipinski definition) is 2. The van der Waals surface area contributed by atoms with E-state index in [9.17, 15) is 8.42 Å². The number of benzene rings is 1. The molecule has 26 heavy (non-hydrogen) atoms. The third kappa shape index (κ3) is 9.65. The summed E-state index contributed by atoms with van der Waals surface area (Å²) in [4.78, 5) is 4.86. The second-order valence-electron chi connectivity index (χ2n) is 6.67. The molecule has 0 amide bonds. The van der Waals surface area contributed by atoms with E-state index in [2.05, 4.69) is 29.5 Å². The molecule has 0 heterocycles. The van der Waals surface area contributed by atoms with E-state index in [1.165, 1.54) is 19.1 Å². The van der Waals surface area contributed by atoms with E-state index in [-0.39, 0.29) is 0 Å². The summed E-state index contributed by atoms with van der Waals surface area (Å²) in [6.07, 6.45) is 4.73. The molecule has 1 aromatic carbocycles. The lowest BCUT2D eigenvalue weighted by atomic mass is 10.1. The van der Waals surface area contributed by atoms with E-state index < -0.39 is 9.84 Å². The highest BCUT2D eigenvalue weighted by Gasteiger charge is 2.06. The van der Waals surface area contributed by atoms with Crippen LogP contribution in [0.3, 0.4) is 0 Å². The van der Waals surface area contributed by atoms with Crippen LogP contribution in [0.5, 0.6) is 5.75 Å². The van der Waals surface area contributed by atoms with Gasteiger partial charge in [0.25, 0.3) is 0 Å². The summed E-state index contributed by atoms with van der Waals surface area (Å²) in [6.45, 7) is 9.23. The zero-order chi connectivity index (χ0) is 19.4. The molecule has 0 aliphatic rings. The maximum atomic E-state index is 11.4. The Morgan fingerprint density at radius 2 is 1.85 bits per heavy atom. The van der Waals surface area contributed by atoms with Gasteiger partial charge >= 0.3 is 0 Å². The average molecular weight is 384 g/mol. The summed E-state index contributed by atoms with van der Waals surface area (Å²) in [6, 6.07) is 6.45. The molecule has 0 radical (unpaired) electrons. The molecule has 148 valence electrons. The molecule has 1 rings (SSSR count). The smallest absolute Gasteiger partial charge is 0.191 e. The van der Waals surface area contributed by atoms with Gasteiger partial charge in [0.1, 0.15) is 12.4 Å². The average Bonchev–Trinajstić information content (AvgIpc) is 2.57. The molecule has 0 bridgehead atoms. The van der Waals surface area contributed by atoms with Crippen LogP contribution in [0.25, 0.3) is 0 Å². The van der Waals surface area contributed by atoms with E-state index in [1.807, 2.05) is 6.92 Å². The van der Waals surface area contributed by atoms with Crippen molar-refractivity contribution in [2.45, 2.75) is 44.9 Å². The molecular formula is C19H33N3O3S. The van der Waals surface area contributed by atoms with Crippen molar-refractivity contribution >= 4 is 15.8 Å². The third-order valence-electron chi connectivity index (χ3n) is 3.72. The van der Waals surface area contributed by atoms with Crippen LogP contribution in [0.4, 0.5) is 0 Å². The Hall–Kier alpha value is -1.76. The van der Waals surface area contributed by atoms with Gasteiger partial charge in [0.15, 0.2) is 15.8 Å². The highest BCUT2D eigenvalue weighted by molar-refractivity contribution is 7.90. The van der Waals surface area contributed by atoms with Gasteiger partial charge < -0.3 is 15.4 Å². The number of guanidine groups is 1. The minimum absolute atomic E-state index is 0.294. The van der Waals surface area contributed by atoms with Crippen LogP contribution < -0.4 is 15.4 Å². The zero-order valence-electron chi connectivity index (χ0n) is 16.4. The molecule has 0 fully saturated rings. The summed E-state index contributed by atoms with van der Waals surface area (Å²) in [5.41, 5.74) is 0.